The Morgan fingerprint density at radius 2 is 2.11 bits per heavy atom. The van der Waals surface area contributed by atoms with Gasteiger partial charge in [-0.1, -0.05) is 5.16 Å². The average Bonchev–Trinajstić information content (AvgIpc) is 2.71. The van der Waals surface area contributed by atoms with E-state index in [9.17, 15) is 22.8 Å². The van der Waals surface area contributed by atoms with Gasteiger partial charge >= 0.3 is 18.1 Å². The molecule has 0 spiro atoms. The lowest BCUT2D eigenvalue weighted by molar-refractivity contribution is -0.173. The molecule has 0 bridgehead atoms. The predicted octanol–water partition coefficient (Wildman–Crippen LogP) is 0.984. The highest BCUT2D eigenvalue weighted by molar-refractivity contribution is 5.85. The number of halogens is 3. The number of carboxylic acid groups (broad SMARTS) is 1. The van der Waals surface area contributed by atoms with Gasteiger partial charge in [0, 0.05) is 19.0 Å². The summed E-state index contributed by atoms with van der Waals surface area (Å²) in [7, 11) is 0. The fourth-order valence-corrected chi connectivity index (χ4v) is 1.10. The molecule has 1 heterocycles. The molecular weight excluding hydrogens is 257 g/mol. The van der Waals surface area contributed by atoms with E-state index in [2.05, 4.69) is 9.68 Å². The van der Waals surface area contributed by atoms with E-state index >= 15 is 0 Å². The molecule has 1 amide bonds. The number of rotatable bonds is 5. The summed E-state index contributed by atoms with van der Waals surface area (Å²) in [5.74, 6) is -3.03. The van der Waals surface area contributed by atoms with Gasteiger partial charge in [-0.25, -0.2) is 4.79 Å². The minimum Gasteiger partial charge on any atom is -0.476 e. The Labute approximate surface area is 98.8 Å². The summed E-state index contributed by atoms with van der Waals surface area (Å²) in [4.78, 5) is 20.9. The normalized spacial score (nSPS) is 11.3. The first-order valence-electron chi connectivity index (χ1n) is 4.84. The number of aryl methyl sites for hydroxylation is 1. The van der Waals surface area contributed by atoms with Crippen molar-refractivity contribution in [2.24, 2.45) is 0 Å². The molecule has 1 aromatic rings. The van der Waals surface area contributed by atoms with E-state index in [1.807, 2.05) is 0 Å². The first kappa shape index (κ1) is 14.0. The second-order valence-corrected chi connectivity index (χ2v) is 3.34. The van der Waals surface area contributed by atoms with Gasteiger partial charge < -0.3 is 14.9 Å². The number of hydrogen-bond acceptors (Lipinski definition) is 4. The molecule has 0 fully saturated rings. The Kier molecular flexibility index (Phi) is 4.29. The van der Waals surface area contributed by atoms with Gasteiger partial charge in [-0.15, -0.1) is 0 Å². The van der Waals surface area contributed by atoms with Gasteiger partial charge in [0.2, 0.25) is 0 Å². The zero-order chi connectivity index (χ0) is 13.8. The summed E-state index contributed by atoms with van der Waals surface area (Å²) in [5, 5.41) is 13.4. The standard InChI is InChI=1S/C9H9F3N2O4/c10-9(11,12)8(17)13-3-1-2-5-4-6(7(15)16)14-18-5/h4H,1-3H2,(H,13,17)(H,15,16). The number of nitrogens with zero attached hydrogens (tertiary/aromatic N) is 1. The molecule has 0 saturated carbocycles. The van der Waals surface area contributed by atoms with Crippen LogP contribution in [0.25, 0.3) is 0 Å². The van der Waals surface area contributed by atoms with Crippen LogP contribution in [0, 0.1) is 0 Å². The van der Waals surface area contributed by atoms with E-state index in [0.717, 1.165) is 0 Å². The van der Waals surface area contributed by atoms with Crippen molar-refractivity contribution in [3.05, 3.63) is 17.5 Å². The fourth-order valence-electron chi connectivity index (χ4n) is 1.10. The zero-order valence-electron chi connectivity index (χ0n) is 8.95. The Balaban J connectivity index is 2.30. The predicted molar refractivity (Wildman–Crippen MR) is 50.8 cm³/mol. The highest BCUT2D eigenvalue weighted by Crippen LogP contribution is 2.14. The molecule has 100 valence electrons. The molecule has 0 atom stereocenters. The van der Waals surface area contributed by atoms with E-state index in [-0.39, 0.29) is 30.8 Å². The highest BCUT2D eigenvalue weighted by Gasteiger charge is 2.38. The van der Waals surface area contributed by atoms with Crippen molar-refractivity contribution < 1.29 is 32.4 Å². The summed E-state index contributed by atoms with van der Waals surface area (Å²) in [6, 6.07) is 1.17. The largest absolute Gasteiger partial charge is 0.476 e. The molecule has 18 heavy (non-hydrogen) atoms. The number of carbonyl (C=O) groups is 2. The van der Waals surface area contributed by atoms with Crippen LogP contribution in [0.1, 0.15) is 22.7 Å². The smallest absolute Gasteiger partial charge is 0.471 e. The summed E-state index contributed by atoms with van der Waals surface area (Å²) < 4.78 is 40.0. The monoisotopic (exact) mass is 266 g/mol. The van der Waals surface area contributed by atoms with Crippen LogP contribution in [0.4, 0.5) is 13.2 Å². The van der Waals surface area contributed by atoms with Gasteiger partial charge in [0.25, 0.3) is 0 Å². The van der Waals surface area contributed by atoms with Crippen molar-refractivity contribution in [1.82, 2.24) is 10.5 Å². The van der Waals surface area contributed by atoms with E-state index in [1.165, 1.54) is 6.07 Å². The molecule has 0 aliphatic heterocycles. The van der Waals surface area contributed by atoms with Crippen molar-refractivity contribution in [2.45, 2.75) is 19.0 Å². The Morgan fingerprint density at radius 3 is 2.61 bits per heavy atom. The lowest BCUT2D eigenvalue weighted by Crippen LogP contribution is -2.37. The molecule has 0 radical (unpaired) electrons. The molecule has 0 aromatic carbocycles. The molecule has 6 nitrogen and oxygen atoms in total. The van der Waals surface area contributed by atoms with Crippen molar-refractivity contribution in [2.75, 3.05) is 6.54 Å². The van der Waals surface area contributed by atoms with Crippen LogP contribution < -0.4 is 5.32 Å². The van der Waals surface area contributed by atoms with Crippen molar-refractivity contribution in [1.29, 1.82) is 0 Å². The van der Waals surface area contributed by atoms with Crippen LogP contribution in [0.5, 0.6) is 0 Å². The van der Waals surface area contributed by atoms with Crippen LogP contribution in [0.3, 0.4) is 0 Å². The SMILES string of the molecule is O=C(O)c1cc(CCCNC(=O)C(F)(F)F)on1. The maximum absolute atomic E-state index is 11.8. The van der Waals surface area contributed by atoms with Crippen LogP contribution in [0.2, 0.25) is 0 Å². The maximum atomic E-state index is 11.8. The number of alkyl halides is 3. The first-order chi connectivity index (χ1) is 8.30. The topological polar surface area (TPSA) is 92.4 Å². The molecule has 0 saturated heterocycles. The van der Waals surface area contributed by atoms with Crippen LogP contribution >= 0.6 is 0 Å². The molecule has 1 rings (SSSR count). The third kappa shape index (κ3) is 4.07. The number of amides is 1. The fraction of sp³-hybridized carbons (Fsp3) is 0.444. The summed E-state index contributed by atoms with van der Waals surface area (Å²) >= 11 is 0. The Bertz CT molecular complexity index is 441. The molecule has 0 aliphatic carbocycles. The van der Waals surface area contributed by atoms with Gasteiger partial charge in [0.15, 0.2) is 5.69 Å². The van der Waals surface area contributed by atoms with Gasteiger partial charge in [0.05, 0.1) is 0 Å². The van der Waals surface area contributed by atoms with E-state index in [1.54, 1.807) is 5.32 Å². The molecule has 9 heteroatoms. The lowest BCUT2D eigenvalue weighted by Gasteiger charge is -2.06. The van der Waals surface area contributed by atoms with Gasteiger partial charge in [0.1, 0.15) is 5.76 Å². The van der Waals surface area contributed by atoms with E-state index in [4.69, 9.17) is 5.11 Å². The number of carboxylic acids is 1. The van der Waals surface area contributed by atoms with Gasteiger partial charge in [-0.3, -0.25) is 4.79 Å². The molecule has 2 N–H and O–H groups in total. The number of aromatic carboxylic acids is 1. The average molecular weight is 266 g/mol. The third-order valence-electron chi connectivity index (χ3n) is 1.92. The van der Waals surface area contributed by atoms with Gasteiger partial charge in [-0.2, -0.15) is 13.2 Å². The second kappa shape index (κ2) is 5.52. The van der Waals surface area contributed by atoms with Gasteiger partial charge in [-0.05, 0) is 6.42 Å². The van der Waals surface area contributed by atoms with Crippen LogP contribution in [-0.2, 0) is 11.2 Å². The Morgan fingerprint density at radius 1 is 1.44 bits per heavy atom. The second-order valence-electron chi connectivity index (χ2n) is 3.34. The quantitative estimate of drug-likeness (QED) is 0.775. The minimum absolute atomic E-state index is 0.177. The summed E-state index contributed by atoms with van der Waals surface area (Å²) in [5.41, 5.74) is -0.274. The zero-order valence-corrected chi connectivity index (χ0v) is 8.95. The number of nitrogens with one attached hydrogen (secondary N) is 1. The highest BCUT2D eigenvalue weighted by atomic mass is 19.4. The van der Waals surface area contributed by atoms with Crippen LogP contribution in [0.15, 0.2) is 10.6 Å². The van der Waals surface area contributed by atoms with Crippen molar-refractivity contribution in [3.63, 3.8) is 0 Å². The minimum atomic E-state index is -4.90. The Hall–Kier alpha value is -2.06. The van der Waals surface area contributed by atoms with E-state index < -0.39 is 18.1 Å². The van der Waals surface area contributed by atoms with Crippen molar-refractivity contribution >= 4 is 11.9 Å². The van der Waals surface area contributed by atoms with Crippen LogP contribution in [-0.4, -0.2) is 34.9 Å². The van der Waals surface area contributed by atoms with Crippen molar-refractivity contribution in [3.8, 4) is 0 Å². The van der Waals surface area contributed by atoms with E-state index in [0.29, 0.717) is 0 Å². The maximum Gasteiger partial charge on any atom is 0.471 e. The summed E-state index contributed by atoms with van der Waals surface area (Å²) in [6.07, 6.45) is -4.54. The number of carbonyl (C=O) groups excluding carboxylic acids is 1. The molecule has 0 unspecified atom stereocenters. The lowest BCUT2D eigenvalue weighted by atomic mass is 10.2. The third-order valence-corrected chi connectivity index (χ3v) is 1.92. The molecular formula is C9H9F3N2O4. The first-order valence-corrected chi connectivity index (χ1v) is 4.84. The molecule has 0 aliphatic rings. The summed E-state index contributed by atoms with van der Waals surface area (Å²) in [6.45, 7) is -0.193. The molecule has 1 aromatic heterocycles. The number of hydrogen-bond donors (Lipinski definition) is 2. The number of aromatic nitrogens is 1.